The first-order chi connectivity index (χ1) is 14.1. The highest BCUT2D eigenvalue weighted by molar-refractivity contribution is 6.34. The van der Waals surface area contributed by atoms with Crippen molar-refractivity contribution >= 4 is 41.1 Å². The van der Waals surface area contributed by atoms with E-state index in [-0.39, 0.29) is 11.6 Å². The predicted octanol–water partition coefficient (Wildman–Crippen LogP) is 5.92. The summed E-state index contributed by atoms with van der Waals surface area (Å²) in [6, 6.07) is 21.9. The van der Waals surface area contributed by atoms with Crippen LogP contribution in [0.15, 0.2) is 83.5 Å². The quantitative estimate of drug-likeness (QED) is 0.378. The molecule has 0 aromatic heterocycles. The number of rotatable bonds is 5. The Morgan fingerprint density at radius 3 is 2.55 bits per heavy atom. The van der Waals surface area contributed by atoms with Gasteiger partial charge in [-0.25, -0.2) is 9.79 Å². The molecule has 0 saturated heterocycles. The van der Waals surface area contributed by atoms with E-state index in [0.717, 1.165) is 11.1 Å². The molecule has 0 N–H and O–H groups in total. The van der Waals surface area contributed by atoms with Crippen LogP contribution in [0.5, 0.6) is 5.75 Å². The van der Waals surface area contributed by atoms with Crippen LogP contribution >= 0.6 is 23.2 Å². The number of cyclic esters (lactones) is 1. The molecule has 144 valence electrons. The fourth-order valence-electron chi connectivity index (χ4n) is 2.76. The van der Waals surface area contributed by atoms with Gasteiger partial charge >= 0.3 is 5.97 Å². The van der Waals surface area contributed by atoms with Crippen molar-refractivity contribution in [3.05, 3.63) is 105 Å². The Kier molecular flexibility index (Phi) is 5.65. The summed E-state index contributed by atoms with van der Waals surface area (Å²) in [5.41, 5.74) is 2.56. The van der Waals surface area contributed by atoms with Gasteiger partial charge in [0.25, 0.3) is 0 Å². The molecule has 6 heteroatoms. The minimum absolute atomic E-state index is 0.196. The second-order valence-corrected chi connectivity index (χ2v) is 7.15. The Balaban J connectivity index is 1.52. The lowest BCUT2D eigenvalue weighted by atomic mass is 10.2. The molecule has 0 saturated carbocycles. The first kappa shape index (κ1) is 19.2. The summed E-state index contributed by atoms with van der Waals surface area (Å²) in [5.74, 6) is 0.352. The van der Waals surface area contributed by atoms with Crippen LogP contribution < -0.4 is 4.74 Å². The predicted molar refractivity (Wildman–Crippen MR) is 114 cm³/mol. The summed E-state index contributed by atoms with van der Waals surface area (Å²) in [6.07, 6.45) is 1.65. The minimum Gasteiger partial charge on any atom is -0.489 e. The van der Waals surface area contributed by atoms with Gasteiger partial charge < -0.3 is 9.47 Å². The van der Waals surface area contributed by atoms with Gasteiger partial charge in [-0.05, 0) is 53.6 Å². The molecule has 0 radical (unpaired) electrons. The second kappa shape index (κ2) is 8.52. The van der Waals surface area contributed by atoms with Gasteiger partial charge in [0.2, 0.25) is 5.90 Å². The summed E-state index contributed by atoms with van der Waals surface area (Å²) >= 11 is 12.1. The van der Waals surface area contributed by atoms with Crippen LogP contribution in [0.25, 0.3) is 6.08 Å². The first-order valence-electron chi connectivity index (χ1n) is 8.83. The van der Waals surface area contributed by atoms with Crippen LogP contribution in [0.2, 0.25) is 10.0 Å². The smallest absolute Gasteiger partial charge is 0.363 e. The average Bonchev–Trinajstić information content (AvgIpc) is 3.08. The first-order valence-corrected chi connectivity index (χ1v) is 9.59. The van der Waals surface area contributed by atoms with Crippen LogP contribution in [-0.2, 0) is 16.1 Å². The number of carbonyl (C=O) groups is 1. The summed E-state index contributed by atoms with van der Waals surface area (Å²) in [7, 11) is 0. The number of hydrogen-bond donors (Lipinski definition) is 0. The zero-order chi connectivity index (χ0) is 20.2. The summed E-state index contributed by atoms with van der Waals surface area (Å²) < 4.78 is 11.1. The van der Waals surface area contributed by atoms with Crippen LogP contribution in [0.3, 0.4) is 0 Å². The van der Waals surface area contributed by atoms with Crippen molar-refractivity contribution in [1.29, 1.82) is 0 Å². The van der Waals surface area contributed by atoms with Crippen molar-refractivity contribution in [2.24, 2.45) is 4.99 Å². The van der Waals surface area contributed by atoms with Crippen molar-refractivity contribution in [3.63, 3.8) is 0 Å². The van der Waals surface area contributed by atoms with Crippen LogP contribution in [0.4, 0.5) is 0 Å². The third-order valence-electron chi connectivity index (χ3n) is 4.21. The lowest BCUT2D eigenvalue weighted by molar-refractivity contribution is -0.129. The van der Waals surface area contributed by atoms with Crippen molar-refractivity contribution in [2.75, 3.05) is 0 Å². The Morgan fingerprint density at radius 2 is 1.76 bits per heavy atom. The van der Waals surface area contributed by atoms with E-state index in [2.05, 4.69) is 4.99 Å². The maximum atomic E-state index is 12.2. The molecule has 1 heterocycles. The van der Waals surface area contributed by atoms with E-state index < -0.39 is 5.97 Å². The van der Waals surface area contributed by atoms with E-state index in [1.807, 2.05) is 48.5 Å². The van der Waals surface area contributed by atoms with Gasteiger partial charge in [-0.3, -0.25) is 0 Å². The highest BCUT2D eigenvalue weighted by atomic mass is 35.5. The lowest BCUT2D eigenvalue weighted by Gasteiger charge is -2.07. The molecular weight excluding hydrogens is 409 g/mol. The average molecular weight is 424 g/mol. The number of carbonyl (C=O) groups excluding carboxylic acids is 1. The largest absolute Gasteiger partial charge is 0.489 e. The second-order valence-electron chi connectivity index (χ2n) is 6.30. The molecule has 3 aromatic rings. The van der Waals surface area contributed by atoms with E-state index in [1.54, 1.807) is 30.3 Å². The van der Waals surface area contributed by atoms with Crippen molar-refractivity contribution < 1.29 is 14.3 Å². The summed E-state index contributed by atoms with van der Waals surface area (Å²) in [4.78, 5) is 16.5. The molecule has 4 rings (SSSR count). The topological polar surface area (TPSA) is 47.9 Å². The van der Waals surface area contributed by atoms with E-state index in [4.69, 9.17) is 32.7 Å². The van der Waals surface area contributed by atoms with Gasteiger partial charge in [-0.2, -0.15) is 0 Å². The van der Waals surface area contributed by atoms with Gasteiger partial charge in [0.1, 0.15) is 12.4 Å². The third kappa shape index (κ3) is 4.67. The minimum atomic E-state index is -0.521. The zero-order valence-electron chi connectivity index (χ0n) is 15.1. The molecule has 0 amide bonds. The van der Waals surface area contributed by atoms with Gasteiger partial charge in [0, 0.05) is 5.02 Å². The van der Waals surface area contributed by atoms with Crippen LogP contribution in [0, 0.1) is 0 Å². The molecule has 1 aliphatic heterocycles. The van der Waals surface area contributed by atoms with Crippen LogP contribution in [0.1, 0.15) is 16.7 Å². The van der Waals surface area contributed by atoms with Crippen molar-refractivity contribution in [1.82, 2.24) is 0 Å². The van der Waals surface area contributed by atoms with E-state index >= 15 is 0 Å². The fourth-order valence-corrected chi connectivity index (χ4v) is 3.10. The fraction of sp³-hybridized carbons (Fsp3) is 0.0435. The molecule has 0 aliphatic carbocycles. The maximum absolute atomic E-state index is 12.2. The molecular formula is C23H15Cl2NO3. The molecule has 29 heavy (non-hydrogen) atoms. The number of nitrogens with zero attached hydrogens (tertiary/aromatic N) is 1. The summed E-state index contributed by atoms with van der Waals surface area (Å²) in [5, 5.41) is 1.15. The van der Waals surface area contributed by atoms with Crippen LogP contribution in [-0.4, -0.2) is 11.9 Å². The molecule has 3 aromatic carbocycles. The normalized spacial score (nSPS) is 14.6. The summed E-state index contributed by atoms with van der Waals surface area (Å²) in [6.45, 7) is 0.411. The van der Waals surface area contributed by atoms with Crippen molar-refractivity contribution in [2.45, 2.75) is 6.61 Å². The van der Waals surface area contributed by atoms with E-state index in [9.17, 15) is 4.79 Å². The van der Waals surface area contributed by atoms with Gasteiger partial charge in [0.15, 0.2) is 5.70 Å². The number of benzene rings is 3. The van der Waals surface area contributed by atoms with Gasteiger partial charge in [0.05, 0.1) is 10.6 Å². The molecule has 1 aliphatic rings. The number of ether oxygens (including phenoxy) is 2. The van der Waals surface area contributed by atoms with E-state index in [0.29, 0.717) is 28.0 Å². The number of esters is 1. The Hall–Kier alpha value is -3.08. The zero-order valence-corrected chi connectivity index (χ0v) is 16.7. The number of aliphatic imine (C=N–C) groups is 1. The highest BCUT2D eigenvalue weighted by Crippen LogP contribution is 2.24. The molecule has 0 spiro atoms. The standard InChI is InChI=1S/C23H15Cl2NO3/c24-17-10-8-15(9-11-17)14-28-18-5-3-4-16(12-18)13-21-23(27)29-22(26-21)19-6-1-2-7-20(19)25/h1-13H,14H2/b21-13+. The maximum Gasteiger partial charge on any atom is 0.363 e. The number of hydrogen-bond acceptors (Lipinski definition) is 4. The van der Waals surface area contributed by atoms with Gasteiger partial charge in [-0.15, -0.1) is 0 Å². The molecule has 0 fully saturated rings. The monoisotopic (exact) mass is 423 g/mol. The Labute approximate surface area is 178 Å². The molecule has 4 nitrogen and oxygen atoms in total. The van der Waals surface area contributed by atoms with Gasteiger partial charge in [-0.1, -0.05) is 59.6 Å². The molecule has 0 bridgehead atoms. The SMILES string of the molecule is O=C1OC(c2ccccc2Cl)=N/C1=C/c1cccc(OCc2ccc(Cl)cc2)c1. The Morgan fingerprint density at radius 1 is 0.966 bits per heavy atom. The number of halogens is 2. The molecule has 0 unspecified atom stereocenters. The van der Waals surface area contributed by atoms with E-state index in [1.165, 1.54) is 0 Å². The van der Waals surface area contributed by atoms with Crippen molar-refractivity contribution in [3.8, 4) is 5.75 Å². The third-order valence-corrected chi connectivity index (χ3v) is 4.79. The Bertz CT molecular complexity index is 1120. The highest BCUT2D eigenvalue weighted by Gasteiger charge is 2.25. The lowest BCUT2D eigenvalue weighted by Crippen LogP contribution is -2.05. The molecule has 0 atom stereocenters.